The maximum Gasteiger partial charge on any atom is 0.291 e. The van der Waals surface area contributed by atoms with Crippen LogP contribution in [0.2, 0.25) is 10.0 Å². The number of aromatic nitrogens is 5. The summed E-state index contributed by atoms with van der Waals surface area (Å²) in [4.78, 5) is 22.1. The zero-order valence-corrected chi connectivity index (χ0v) is 19.8. The van der Waals surface area contributed by atoms with E-state index >= 15 is 0 Å². The fraction of sp³-hybridized carbons (Fsp3) is 0.217. The number of carbonyl (C=O) groups excluding carboxylic acids is 1. The van der Waals surface area contributed by atoms with Crippen molar-refractivity contribution in [3.8, 4) is 11.4 Å². The summed E-state index contributed by atoms with van der Waals surface area (Å²) in [7, 11) is 3.47. The van der Waals surface area contributed by atoms with Gasteiger partial charge >= 0.3 is 0 Å². The van der Waals surface area contributed by atoms with Gasteiger partial charge in [0.05, 0.1) is 17.2 Å². The van der Waals surface area contributed by atoms with Gasteiger partial charge in [0.1, 0.15) is 29.1 Å². The van der Waals surface area contributed by atoms with Gasteiger partial charge in [-0.1, -0.05) is 48.3 Å². The second-order valence-electron chi connectivity index (χ2n) is 7.26. The van der Waals surface area contributed by atoms with Gasteiger partial charge in [-0.3, -0.25) is 4.79 Å². The third kappa shape index (κ3) is 4.58. The number of methoxy groups -OCH3 is 1. The molecule has 8 nitrogen and oxygen atoms in total. The van der Waals surface area contributed by atoms with Crippen molar-refractivity contribution in [2.24, 2.45) is 7.05 Å². The predicted molar refractivity (Wildman–Crippen MR) is 126 cm³/mol. The first-order valence-corrected chi connectivity index (χ1v) is 11.0. The Morgan fingerprint density at radius 2 is 1.85 bits per heavy atom. The summed E-state index contributed by atoms with van der Waals surface area (Å²) in [5.74, 6) is 1.50. The Morgan fingerprint density at radius 1 is 1.15 bits per heavy atom. The Morgan fingerprint density at radius 3 is 2.42 bits per heavy atom. The van der Waals surface area contributed by atoms with Gasteiger partial charge in [0.15, 0.2) is 0 Å². The topological polar surface area (TPSA) is 86.9 Å². The zero-order valence-electron chi connectivity index (χ0n) is 18.3. The fourth-order valence-corrected chi connectivity index (χ4v) is 4.04. The molecule has 2 aromatic carbocycles. The molecule has 10 heteroatoms. The Bertz CT molecular complexity index is 1260. The third-order valence-electron chi connectivity index (χ3n) is 5.18. The van der Waals surface area contributed by atoms with Crippen LogP contribution in [0.4, 0.5) is 0 Å². The molecule has 0 aliphatic rings. The minimum absolute atomic E-state index is 0.00978. The van der Waals surface area contributed by atoms with Crippen LogP contribution < -0.4 is 10.1 Å². The highest BCUT2D eigenvalue weighted by molar-refractivity contribution is 6.37. The molecule has 0 bridgehead atoms. The van der Waals surface area contributed by atoms with Gasteiger partial charge < -0.3 is 14.6 Å². The summed E-state index contributed by atoms with van der Waals surface area (Å²) in [6.45, 7) is 1.92. The molecule has 0 aliphatic heterocycles. The number of nitrogens with one attached hydrogen (secondary N) is 1. The van der Waals surface area contributed by atoms with Crippen molar-refractivity contribution in [2.75, 3.05) is 7.11 Å². The first-order chi connectivity index (χ1) is 15.9. The van der Waals surface area contributed by atoms with Crippen molar-refractivity contribution in [2.45, 2.75) is 19.4 Å². The Balaban J connectivity index is 1.70. The van der Waals surface area contributed by atoms with Gasteiger partial charge in [-0.05, 0) is 29.8 Å². The third-order valence-corrected chi connectivity index (χ3v) is 5.79. The molecule has 1 N–H and O–H groups in total. The number of aryl methyl sites for hydroxylation is 2. The number of benzene rings is 2. The highest BCUT2D eigenvalue weighted by atomic mass is 35.5. The van der Waals surface area contributed by atoms with E-state index in [2.05, 4.69) is 20.4 Å². The van der Waals surface area contributed by atoms with Crippen molar-refractivity contribution < 1.29 is 9.53 Å². The average Bonchev–Trinajstić information content (AvgIpc) is 3.44. The molecule has 0 fully saturated rings. The fourth-order valence-electron chi connectivity index (χ4n) is 3.48. The van der Waals surface area contributed by atoms with E-state index in [0.29, 0.717) is 39.6 Å². The van der Waals surface area contributed by atoms with E-state index in [9.17, 15) is 4.79 Å². The number of ether oxygens (including phenoxy) is 1. The molecule has 4 aromatic rings. The van der Waals surface area contributed by atoms with Crippen molar-refractivity contribution in [1.29, 1.82) is 0 Å². The smallest absolute Gasteiger partial charge is 0.291 e. The highest BCUT2D eigenvalue weighted by Gasteiger charge is 2.25. The van der Waals surface area contributed by atoms with Crippen LogP contribution in [0.25, 0.3) is 5.69 Å². The Hall–Kier alpha value is -3.36. The van der Waals surface area contributed by atoms with Gasteiger partial charge in [0.2, 0.25) is 5.82 Å². The molecule has 0 saturated carbocycles. The quantitative estimate of drug-likeness (QED) is 0.420. The normalized spacial score (nSPS) is 11.9. The number of para-hydroxylation sites is 1. The standard InChI is InChI=1S/C23H22Cl2N6O2/c1-4-18-27-21(29-31(18)20-16(24)6-5-7-17(20)25)23(32)28-19(22-26-12-13-30(22)2)14-8-10-15(33-3)11-9-14/h5-13,19H,4H2,1-3H3,(H,28,32). The van der Waals surface area contributed by atoms with Crippen molar-refractivity contribution in [3.63, 3.8) is 0 Å². The number of nitrogens with zero attached hydrogens (tertiary/aromatic N) is 5. The average molecular weight is 485 g/mol. The predicted octanol–water partition coefficient (Wildman–Crippen LogP) is 4.40. The summed E-state index contributed by atoms with van der Waals surface area (Å²) >= 11 is 12.7. The van der Waals surface area contributed by atoms with Gasteiger partial charge in [0, 0.05) is 25.9 Å². The maximum absolute atomic E-state index is 13.3. The van der Waals surface area contributed by atoms with E-state index in [1.807, 2.05) is 49.0 Å². The van der Waals surface area contributed by atoms with Gasteiger partial charge in [-0.2, -0.15) is 0 Å². The lowest BCUT2D eigenvalue weighted by atomic mass is 10.1. The number of amides is 1. The highest BCUT2D eigenvalue weighted by Crippen LogP contribution is 2.29. The molecule has 2 aromatic heterocycles. The minimum Gasteiger partial charge on any atom is -0.497 e. The molecule has 0 aliphatic carbocycles. The van der Waals surface area contributed by atoms with Gasteiger partial charge in [0.25, 0.3) is 5.91 Å². The molecule has 1 atom stereocenters. The second-order valence-corrected chi connectivity index (χ2v) is 8.08. The van der Waals surface area contributed by atoms with Gasteiger partial charge in [-0.25, -0.2) is 14.6 Å². The number of carbonyl (C=O) groups is 1. The van der Waals surface area contributed by atoms with E-state index < -0.39 is 11.9 Å². The van der Waals surface area contributed by atoms with Crippen LogP contribution >= 0.6 is 23.2 Å². The van der Waals surface area contributed by atoms with E-state index in [4.69, 9.17) is 27.9 Å². The van der Waals surface area contributed by atoms with Crippen LogP contribution in [0.15, 0.2) is 54.9 Å². The molecular formula is C23H22Cl2N6O2. The van der Waals surface area contributed by atoms with E-state index in [1.54, 1.807) is 31.5 Å². The number of imidazole rings is 1. The van der Waals surface area contributed by atoms with E-state index in [0.717, 1.165) is 5.56 Å². The molecule has 1 amide bonds. The van der Waals surface area contributed by atoms with Crippen LogP contribution in [0.3, 0.4) is 0 Å². The lowest BCUT2D eigenvalue weighted by Crippen LogP contribution is -2.32. The van der Waals surface area contributed by atoms with Crippen LogP contribution in [0.5, 0.6) is 5.75 Å². The molecule has 2 heterocycles. The number of halogens is 2. The monoisotopic (exact) mass is 484 g/mol. The maximum atomic E-state index is 13.3. The summed E-state index contributed by atoms with van der Waals surface area (Å²) in [6.07, 6.45) is 4.03. The second kappa shape index (κ2) is 9.64. The van der Waals surface area contributed by atoms with Crippen molar-refractivity contribution in [3.05, 3.63) is 87.9 Å². The minimum atomic E-state index is -0.524. The summed E-state index contributed by atoms with van der Waals surface area (Å²) in [5, 5.41) is 8.27. The first-order valence-electron chi connectivity index (χ1n) is 10.2. The van der Waals surface area contributed by atoms with Crippen molar-refractivity contribution in [1.82, 2.24) is 29.6 Å². The molecular weight excluding hydrogens is 463 g/mol. The summed E-state index contributed by atoms with van der Waals surface area (Å²) < 4.78 is 8.62. The summed E-state index contributed by atoms with van der Waals surface area (Å²) in [6, 6.07) is 12.1. The molecule has 1 unspecified atom stereocenters. The zero-order chi connectivity index (χ0) is 23.5. The molecule has 4 rings (SSSR count). The van der Waals surface area contributed by atoms with E-state index in [-0.39, 0.29) is 5.82 Å². The lowest BCUT2D eigenvalue weighted by Gasteiger charge is -2.18. The largest absolute Gasteiger partial charge is 0.497 e. The molecule has 0 saturated heterocycles. The molecule has 0 spiro atoms. The molecule has 0 radical (unpaired) electrons. The Kier molecular flexibility index (Phi) is 6.67. The van der Waals surface area contributed by atoms with Crippen molar-refractivity contribution >= 4 is 29.1 Å². The van der Waals surface area contributed by atoms with E-state index in [1.165, 1.54) is 4.68 Å². The number of hydrogen-bond donors (Lipinski definition) is 1. The van der Waals surface area contributed by atoms with Crippen LogP contribution in [0.1, 0.15) is 40.8 Å². The molecule has 33 heavy (non-hydrogen) atoms. The van der Waals surface area contributed by atoms with Crippen LogP contribution in [-0.4, -0.2) is 37.3 Å². The SMILES string of the molecule is CCc1nc(C(=O)NC(c2ccc(OC)cc2)c2nccn2C)nn1-c1c(Cl)cccc1Cl. The lowest BCUT2D eigenvalue weighted by molar-refractivity contribution is 0.0930. The first kappa shape index (κ1) is 22.8. The summed E-state index contributed by atoms with van der Waals surface area (Å²) in [5.41, 5.74) is 1.32. The number of hydrogen-bond acceptors (Lipinski definition) is 5. The molecule has 170 valence electrons. The Labute approximate surface area is 201 Å². The number of rotatable bonds is 7. The van der Waals surface area contributed by atoms with Crippen LogP contribution in [-0.2, 0) is 13.5 Å². The van der Waals surface area contributed by atoms with Crippen LogP contribution in [0, 0.1) is 0 Å². The van der Waals surface area contributed by atoms with Gasteiger partial charge in [-0.15, -0.1) is 5.10 Å².